The van der Waals surface area contributed by atoms with Crippen LogP contribution in [0.3, 0.4) is 0 Å². The van der Waals surface area contributed by atoms with Crippen molar-refractivity contribution in [3.8, 4) is 17.2 Å². The zero-order valence-corrected chi connectivity index (χ0v) is 22.0. The Morgan fingerprint density at radius 2 is 1.75 bits per heavy atom. The number of ether oxygens (including phenoxy) is 2. The Labute approximate surface area is 213 Å². The molecule has 1 N–H and O–H groups in total. The molecule has 0 saturated carbocycles. The van der Waals surface area contributed by atoms with Gasteiger partial charge in [-0.15, -0.1) is 0 Å². The van der Waals surface area contributed by atoms with Crippen LogP contribution >= 0.6 is 0 Å². The quantitative estimate of drug-likeness (QED) is 0.265. The van der Waals surface area contributed by atoms with E-state index in [0.717, 1.165) is 37.0 Å². The summed E-state index contributed by atoms with van der Waals surface area (Å²) in [6.45, 7) is 3.92. The third kappa shape index (κ3) is 5.67. The Bertz CT molecular complexity index is 1360. The summed E-state index contributed by atoms with van der Waals surface area (Å²) in [5.41, 5.74) is 0.918. The van der Waals surface area contributed by atoms with E-state index in [9.17, 15) is 8.42 Å². The van der Waals surface area contributed by atoms with Gasteiger partial charge < -0.3 is 23.5 Å². The van der Waals surface area contributed by atoms with Gasteiger partial charge in [0.2, 0.25) is 0 Å². The molecule has 3 aromatic rings. The lowest BCUT2D eigenvalue weighted by atomic mass is 9.99. The Morgan fingerprint density at radius 1 is 1.06 bits per heavy atom. The monoisotopic (exact) mass is 511 g/mol. The summed E-state index contributed by atoms with van der Waals surface area (Å²) in [5.74, 6) is 1.86. The molecule has 192 valence electrons. The molecule has 8 nitrogen and oxygen atoms in total. The molecule has 1 fully saturated rings. The second-order valence-corrected chi connectivity index (χ2v) is 10.8. The van der Waals surface area contributed by atoms with Crippen LogP contribution in [0.2, 0.25) is 0 Å². The maximum Gasteiger partial charge on any atom is 0.339 e. The van der Waals surface area contributed by atoms with E-state index in [1.54, 1.807) is 37.3 Å². The molecule has 0 aliphatic carbocycles. The van der Waals surface area contributed by atoms with Gasteiger partial charge in [-0.1, -0.05) is 24.3 Å². The number of fused-ring (bicyclic) bond motifs is 1. The predicted octanol–water partition coefficient (Wildman–Crippen LogP) is 4.77. The Hall–Kier alpha value is -3.46. The summed E-state index contributed by atoms with van der Waals surface area (Å²) in [5, 5.41) is 9.30. The van der Waals surface area contributed by atoms with Crippen molar-refractivity contribution in [1.82, 2.24) is 4.90 Å². The molecule has 4 rings (SSSR count). The molecule has 36 heavy (non-hydrogen) atoms. The summed E-state index contributed by atoms with van der Waals surface area (Å²) < 4.78 is 43.7. The lowest BCUT2D eigenvalue weighted by Gasteiger charge is -2.33. The minimum Gasteiger partial charge on any atom is -0.496 e. The van der Waals surface area contributed by atoms with E-state index < -0.39 is 10.1 Å². The molecule has 1 heterocycles. The summed E-state index contributed by atoms with van der Waals surface area (Å²) >= 11 is 0. The Kier molecular flexibility index (Phi) is 7.59. The van der Waals surface area contributed by atoms with E-state index >= 15 is 0 Å². The summed E-state index contributed by atoms with van der Waals surface area (Å²) in [6.07, 6.45) is 2.02. The van der Waals surface area contributed by atoms with Gasteiger partial charge >= 0.3 is 10.1 Å². The van der Waals surface area contributed by atoms with Crippen LogP contribution in [0.25, 0.3) is 10.8 Å². The highest BCUT2D eigenvalue weighted by atomic mass is 32.2. The van der Waals surface area contributed by atoms with Gasteiger partial charge in [0.25, 0.3) is 0 Å². The number of rotatable bonds is 8. The smallest absolute Gasteiger partial charge is 0.339 e. The highest BCUT2D eigenvalue weighted by Crippen LogP contribution is 2.34. The lowest BCUT2D eigenvalue weighted by Crippen LogP contribution is -2.40. The number of methoxy groups -OCH3 is 1. The van der Waals surface area contributed by atoms with Crippen LogP contribution in [0.15, 0.2) is 59.5 Å². The van der Waals surface area contributed by atoms with E-state index in [0.29, 0.717) is 29.3 Å². The molecule has 1 aliphatic rings. The standard InChI is InChI=1S/C27H33N3O5S/c1-19(28)30-13-7-8-20(17-30)18-34-22-14-21(33-4)15-23(16-22)35-36(31,32)27-12-6-9-24-25(27)10-5-11-26(24)29(2)3/h5-6,9-12,14-16,20,28H,7-8,13,17-18H2,1-4H3. The third-order valence-electron chi connectivity index (χ3n) is 6.38. The SMILES string of the molecule is COc1cc(OCC2CCCN(C(C)=N)C2)cc(OS(=O)(=O)c2cccc3c(N(C)C)cccc23)c1. The van der Waals surface area contributed by atoms with Crippen LogP contribution in [0.5, 0.6) is 17.2 Å². The van der Waals surface area contributed by atoms with Gasteiger partial charge in [0.15, 0.2) is 0 Å². The molecular formula is C27H33N3O5S. The second-order valence-electron chi connectivity index (χ2n) is 9.26. The van der Waals surface area contributed by atoms with Crippen LogP contribution in [-0.2, 0) is 10.1 Å². The number of hydrogen-bond acceptors (Lipinski definition) is 7. The second kappa shape index (κ2) is 10.7. The molecule has 0 bridgehead atoms. The highest BCUT2D eigenvalue weighted by Gasteiger charge is 2.23. The molecule has 9 heteroatoms. The molecular weight excluding hydrogens is 478 g/mol. The molecule has 1 atom stereocenters. The number of benzene rings is 3. The fraction of sp³-hybridized carbons (Fsp3) is 0.370. The summed E-state index contributed by atoms with van der Waals surface area (Å²) in [6, 6.07) is 15.5. The first-order valence-corrected chi connectivity index (χ1v) is 13.3. The van der Waals surface area contributed by atoms with Crippen molar-refractivity contribution in [3.05, 3.63) is 54.6 Å². The molecule has 1 unspecified atom stereocenters. The Balaban J connectivity index is 1.57. The molecule has 3 aromatic carbocycles. The number of nitrogens with zero attached hydrogens (tertiary/aromatic N) is 2. The average molecular weight is 512 g/mol. The fourth-order valence-corrected chi connectivity index (χ4v) is 5.69. The van der Waals surface area contributed by atoms with E-state index in [1.807, 2.05) is 37.2 Å². The molecule has 0 radical (unpaired) electrons. The minimum atomic E-state index is -4.14. The number of amidine groups is 1. The van der Waals surface area contributed by atoms with Gasteiger partial charge in [-0.2, -0.15) is 8.42 Å². The number of piperidine rings is 1. The number of likely N-dealkylation sites (tertiary alicyclic amines) is 1. The van der Waals surface area contributed by atoms with Crippen molar-refractivity contribution in [2.75, 3.05) is 45.8 Å². The lowest BCUT2D eigenvalue weighted by molar-refractivity contribution is 0.173. The first-order valence-electron chi connectivity index (χ1n) is 11.9. The molecule has 0 aromatic heterocycles. The van der Waals surface area contributed by atoms with Crippen molar-refractivity contribution in [2.24, 2.45) is 5.92 Å². The van der Waals surface area contributed by atoms with Gasteiger partial charge in [-0.05, 0) is 31.9 Å². The maximum absolute atomic E-state index is 13.4. The third-order valence-corrected chi connectivity index (χ3v) is 7.69. The van der Waals surface area contributed by atoms with Gasteiger partial charge in [-0.25, -0.2) is 0 Å². The molecule has 0 spiro atoms. The zero-order valence-electron chi connectivity index (χ0n) is 21.2. The van der Waals surface area contributed by atoms with Crippen LogP contribution in [0, 0.1) is 11.3 Å². The van der Waals surface area contributed by atoms with E-state index in [-0.39, 0.29) is 16.6 Å². The van der Waals surface area contributed by atoms with Crippen LogP contribution in [-0.4, -0.2) is 60.1 Å². The average Bonchev–Trinajstić information content (AvgIpc) is 2.86. The number of nitrogens with one attached hydrogen (secondary N) is 1. The van der Waals surface area contributed by atoms with Crippen LogP contribution in [0.1, 0.15) is 19.8 Å². The van der Waals surface area contributed by atoms with Crippen LogP contribution in [0.4, 0.5) is 5.69 Å². The van der Waals surface area contributed by atoms with Crippen molar-refractivity contribution < 1.29 is 22.1 Å². The van der Waals surface area contributed by atoms with Gasteiger partial charge in [-0.3, -0.25) is 5.41 Å². The number of hydrogen-bond donors (Lipinski definition) is 1. The van der Waals surface area contributed by atoms with Crippen molar-refractivity contribution >= 4 is 32.4 Å². The van der Waals surface area contributed by atoms with E-state index in [1.165, 1.54) is 13.2 Å². The topological polar surface area (TPSA) is 92.2 Å². The first-order chi connectivity index (χ1) is 17.2. The largest absolute Gasteiger partial charge is 0.496 e. The molecule has 1 saturated heterocycles. The number of anilines is 1. The minimum absolute atomic E-state index is 0.0956. The van der Waals surface area contributed by atoms with Crippen molar-refractivity contribution in [2.45, 2.75) is 24.7 Å². The first kappa shape index (κ1) is 25.6. The van der Waals surface area contributed by atoms with Gasteiger partial charge in [0.05, 0.1) is 19.6 Å². The van der Waals surface area contributed by atoms with Gasteiger partial charge in [0.1, 0.15) is 22.1 Å². The summed E-state index contributed by atoms with van der Waals surface area (Å²) in [4.78, 5) is 4.09. The maximum atomic E-state index is 13.4. The van der Waals surface area contributed by atoms with Crippen molar-refractivity contribution in [1.29, 1.82) is 5.41 Å². The van der Waals surface area contributed by atoms with Crippen LogP contribution < -0.4 is 18.6 Å². The zero-order chi connectivity index (χ0) is 25.9. The predicted molar refractivity (Wildman–Crippen MR) is 142 cm³/mol. The van der Waals surface area contributed by atoms with Gasteiger partial charge in [0, 0.05) is 67.8 Å². The van der Waals surface area contributed by atoms with E-state index in [2.05, 4.69) is 4.90 Å². The highest BCUT2D eigenvalue weighted by molar-refractivity contribution is 7.87. The molecule has 0 amide bonds. The van der Waals surface area contributed by atoms with E-state index in [4.69, 9.17) is 19.1 Å². The Morgan fingerprint density at radius 3 is 2.47 bits per heavy atom. The molecule has 1 aliphatic heterocycles. The van der Waals surface area contributed by atoms with Crippen molar-refractivity contribution in [3.63, 3.8) is 0 Å². The normalized spacial score (nSPS) is 16.0. The fourth-order valence-electron chi connectivity index (χ4n) is 4.56. The summed E-state index contributed by atoms with van der Waals surface area (Å²) in [7, 11) is 1.21.